The SMILES string of the molecule is COc1cc(NCCCCC(N)=O)ccc1N. The van der Waals surface area contributed by atoms with Crippen LogP contribution in [0, 0.1) is 0 Å². The Morgan fingerprint density at radius 1 is 1.41 bits per heavy atom. The Hall–Kier alpha value is -1.91. The first kappa shape index (κ1) is 13.2. The molecule has 0 heterocycles. The molecular formula is C12H19N3O2. The van der Waals surface area contributed by atoms with Gasteiger partial charge in [-0.1, -0.05) is 0 Å². The molecule has 0 saturated carbocycles. The van der Waals surface area contributed by atoms with Crippen LogP contribution in [0.25, 0.3) is 0 Å². The molecule has 0 saturated heterocycles. The van der Waals surface area contributed by atoms with E-state index in [0.717, 1.165) is 25.1 Å². The van der Waals surface area contributed by atoms with Crippen LogP contribution in [0.5, 0.6) is 5.75 Å². The van der Waals surface area contributed by atoms with Gasteiger partial charge in [0.1, 0.15) is 5.75 Å². The van der Waals surface area contributed by atoms with Crippen LogP contribution in [0.3, 0.4) is 0 Å². The lowest BCUT2D eigenvalue weighted by Crippen LogP contribution is -2.10. The molecule has 0 aliphatic rings. The van der Waals surface area contributed by atoms with Crippen LogP contribution in [-0.2, 0) is 4.79 Å². The van der Waals surface area contributed by atoms with Crippen molar-refractivity contribution in [1.82, 2.24) is 0 Å². The monoisotopic (exact) mass is 237 g/mol. The molecule has 0 unspecified atom stereocenters. The number of nitrogens with two attached hydrogens (primary N) is 2. The Kier molecular flexibility index (Phi) is 5.13. The summed E-state index contributed by atoms with van der Waals surface area (Å²) >= 11 is 0. The molecule has 0 radical (unpaired) electrons. The highest BCUT2D eigenvalue weighted by atomic mass is 16.5. The normalized spacial score (nSPS) is 9.94. The molecule has 94 valence electrons. The van der Waals surface area contributed by atoms with Gasteiger partial charge in [-0.3, -0.25) is 4.79 Å². The topological polar surface area (TPSA) is 90.4 Å². The van der Waals surface area contributed by atoms with Gasteiger partial charge in [0.05, 0.1) is 12.8 Å². The van der Waals surface area contributed by atoms with E-state index in [1.807, 2.05) is 12.1 Å². The van der Waals surface area contributed by atoms with E-state index in [4.69, 9.17) is 16.2 Å². The number of amides is 1. The zero-order valence-corrected chi connectivity index (χ0v) is 10.0. The van der Waals surface area contributed by atoms with E-state index < -0.39 is 0 Å². The van der Waals surface area contributed by atoms with Crippen LogP contribution in [-0.4, -0.2) is 19.6 Å². The van der Waals surface area contributed by atoms with Crippen molar-refractivity contribution in [3.63, 3.8) is 0 Å². The van der Waals surface area contributed by atoms with Crippen LogP contribution in [0.2, 0.25) is 0 Å². The van der Waals surface area contributed by atoms with Crippen molar-refractivity contribution in [3.8, 4) is 5.75 Å². The number of carbonyl (C=O) groups excluding carboxylic acids is 1. The van der Waals surface area contributed by atoms with E-state index in [-0.39, 0.29) is 5.91 Å². The third-order valence-corrected chi connectivity index (χ3v) is 2.41. The summed E-state index contributed by atoms with van der Waals surface area (Å²) < 4.78 is 5.12. The predicted molar refractivity (Wildman–Crippen MR) is 68.9 cm³/mol. The second kappa shape index (κ2) is 6.62. The highest BCUT2D eigenvalue weighted by Crippen LogP contribution is 2.24. The lowest BCUT2D eigenvalue weighted by Gasteiger charge is -2.09. The Balaban J connectivity index is 2.34. The van der Waals surface area contributed by atoms with Gasteiger partial charge < -0.3 is 21.5 Å². The van der Waals surface area contributed by atoms with Crippen molar-refractivity contribution in [2.24, 2.45) is 5.73 Å². The van der Waals surface area contributed by atoms with E-state index in [2.05, 4.69) is 5.32 Å². The Labute approximate surface area is 101 Å². The van der Waals surface area contributed by atoms with E-state index in [9.17, 15) is 4.79 Å². The zero-order chi connectivity index (χ0) is 12.7. The van der Waals surface area contributed by atoms with Gasteiger partial charge in [-0.15, -0.1) is 0 Å². The van der Waals surface area contributed by atoms with Gasteiger partial charge in [-0.05, 0) is 25.0 Å². The quantitative estimate of drug-likeness (QED) is 0.493. The summed E-state index contributed by atoms with van der Waals surface area (Å²) in [6, 6.07) is 5.54. The fraction of sp³-hybridized carbons (Fsp3) is 0.417. The highest BCUT2D eigenvalue weighted by Gasteiger charge is 2.00. The molecule has 1 aromatic carbocycles. The van der Waals surface area contributed by atoms with Gasteiger partial charge in [0, 0.05) is 24.7 Å². The van der Waals surface area contributed by atoms with Crippen LogP contribution in [0.4, 0.5) is 11.4 Å². The molecule has 0 aliphatic heterocycles. The summed E-state index contributed by atoms with van der Waals surface area (Å²) in [5.41, 5.74) is 12.3. The molecule has 1 aromatic rings. The average molecular weight is 237 g/mol. The lowest BCUT2D eigenvalue weighted by molar-refractivity contribution is -0.118. The molecular weight excluding hydrogens is 218 g/mol. The van der Waals surface area contributed by atoms with E-state index in [0.29, 0.717) is 17.9 Å². The van der Waals surface area contributed by atoms with E-state index >= 15 is 0 Å². The number of anilines is 2. The summed E-state index contributed by atoms with van der Waals surface area (Å²) in [6.07, 6.45) is 2.14. The smallest absolute Gasteiger partial charge is 0.217 e. The number of carbonyl (C=O) groups is 1. The van der Waals surface area contributed by atoms with Crippen molar-refractivity contribution < 1.29 is 9.53 Å². The van der Waals surface area contributed by atoms with Crippen LogP contribution in [0.15, 0.2) is 18.2 Å². The average Bonchev–Trinajstić information content (AvgIpc) is 2.30. The summed E-state index contributed by atoms with van der Waals surface area (Å²) in [7, 11) is 1.59. The molecule has 0 spiro atoms. The Morgan fingerprint density at radius 2 is 2.18 bits per heavy atom. The van der Waals surface area contributed by atoms with Crippen molar-refractivity contribution >= 4 is 17.3 Å². The summed E-state index contributed by atoms with van der Waals surface area (Å²) in [6.45, 7) is 0.792. The minimum absolute atomic E-state index is 0.251. The number of methoxy groups -OCH3 is 1. The third-order valence-electron chi connectivity index (χ3n) is 2.41. The standard InChI is InChI=1S/C12H19N3O2/c1-17-11-8-9(5-6-10(11)13)15-7-3-2-4-12(14)16/h5-6,8,15H,2-4,7,13H2,1H3,(H2,14,16). The van der Waals surface area contributed by atoms with Crippen molar-refractivity contribution in [1.29, 1.82) is 0 Å². The first-order valence-corrected chi connectivity index (χ1v) is 5.59. The second-order valence-electron chi connectivity index (χ2n) is 3.81. The van der Waals surface area contributed by atoms with Gasteiger partial charge in [-0.25, -0.2) is 0 Å². The number of hydrogen-bond acceptors (Lipinski definition) is 4. The predicted octanol–water partition coefficient (Wildman–Crippen LogP) is 1.34. The number of hydrogen-bond donors (Lipinski definition) is 3. The molecule has 0 fully saturated rings. The summed E-state index contributed by atoms with van der Waals surface area (Å²) in [5.74, 6) is 0.409. The van der Waals surface area contributed by atoms with Crippen molar-refractivity contribution in [3.05, 3.63) is 18.2 Å². The van der Waals surface area contributed by atoms with Gasteiger partial charge >= 0.3 is 0 Å². The largest absolute Gasteiger partial charge is 0.495 e. The maximum absolute atomic E-state index is 10.5. The lowest BCUT2D eigenvalue weighted by atomic mass is 10.2. The summed E-state index contributed by atoms with van der Waals surface area (Å²) in [4.78, 5) is 10.5. The zero-order valence-electron chi connectivity index (χ0n) is 10.0. The van der Waals surface area contributed by atoms with E-state index in [1.54, 1.807) is 13.2 Å². The molecule has 5 nitrogen and oxygen atoms in total. The fourth-order valence-electron chi connectivity index (χ4n) is 1.48. The number of unbranched alkanes of at least 4 members (excludes halogenated alkanes) is 1. The first-order valence-electron chi connectivity index (χ1n) is 5.59. The van der Waals surface area contributed by atoms with Crippen molar-refractivity contribution in [2.75, 3.05) is 24.7 Å². The molecule has 1 amide bonds. The third kappa shape index (κ3) is 4.63. The number of rotatable bonds is 7. The van der Waals surface area contributed by atoms with Crippen LogP contribution in [0.1, 0.15) is 19.3 Å². The van der Waals surface area contributed by atoms with Crippen molar-refractivity contribution in [2.45, 2.75) is 19.3 Å². The summed E-state index contributed by atoms with van der Waals surface area (Å²) in [5, 5.41) is 3.23. The number of ether oxygens (including phenoxy) is 1. The molecule has 0 aliphatic carbocycles. The van der Waals surface area contributed by atoms with E-state index in [1.165, 1.54) is 0 Å². The molecule has 1 rings (SSSR count). The van der Waals surface area contributed by atoms with Crippen LogP contribution < -0.4 is 21.5 Å². The molecule has 5 heteroatoms. The van der Waals surface area contributed by atoms with Gasteiger partial charge in [0.15, 0.2) is 0 Å². The van der Waals surface area contributed by atoms with Gasteiger partial charge in [-0.2, -0.15) is 0 Å². The first-order chi connectivity index (χ1) is 8.13. The number of benzene rings is 1. The molecule has 17 heavy (non-hydrogen) atoms. The maximum Gasteiger partial charge on any atom is 0.217 e. The van der Waals surface area contributed by atoms with Gasteiger partial charge in [0.2, 0.25) is 5.91 Å². The minimum Gasteiger partial charge on any atom is -0.495 e. The highest BCUT2D eigenvalue weighted by molar-refractivity contribution is 5.73. The Morgan fingerprint density at radius 3 is 2.82 bits per heavy atom. The number of primary amides is 1. The van der Waals surface area contributed by atoms with Gasteiger partial charge in [0.25, 0.3) is 0 Å². The number of nitrogen functional groups attached to an aromatic ring is 1. The number of nitrogens with one attached hydrogen (secondary N) is 1. The molecule has 0 aromatic heterocycles. The molecule has 0 atom stereocenters. The van der Waals surface area contributed by atoms with Crippen LogP contribution >= 0.6 is 0 Å². The Bertz CT molecular complexity index is 380. The minimum atomic E-state index is -0.251. The fourth-order valence-corrected chi connectivity index (χ4v) is 1.48. The maximum atomic E-state index is 10.5. The second-order valence-corrected chi connectivity index (χ2v) is 3.81. The molecule has 5 N–H and O–H groups in total. The molecule has 0 bridgehead atoms.